The molecule has 0 aliphatic heterocycles. The van der Waals surface area contributed by atoms with Crippen LogP contribution in [0.1, 0.15) is 16.9 Å². The van der Waals surface area contributed by atoms with Crippen molar-refractivity contribution in [2.24, 2.45) is 0 Å². The molecule has 0 fully saturated rings. The molecule has 2 aromatic heterocycles. The number of para-hydroxylation sites is 1. The van der Waals surface area contributed by atoms with E-state index in [1.54, 1.807) is 22.2 Å². The molecule has 0 N–H and O–H groups in total. The number of ether oxygens (including phenoxy) is 1. The standard InChI is InChI=1S/C17H18N2O2S/c1-12-13(2)22-16-15(12)17(20)19(11-18-16)9-6-10-21-14-7-4-3-5-8-14/h3-5,7-8,11H,6,9-10H2,1-2H3. The Morgan fingerprint density at radius 1 is 1.23 bits per heavy atom. The predicted octanol–water partition coefficient (Wildman–Crippen LogP) is 3.54. The van der Waals surface area contributed by atoms with E-state index in [-0.39, 0.29) is 5.56 Å². The third-order valence-corrected chi connectivity index (χ3v) is 4.83. The van der Waals surface area contributed by atoms with Crippen molar-refractivity contribution in [1.82, 2.24) is 9.55 Å². The highest BCUT2D eigenvalue weighted by Crippen LogP contribution is 2.25. The summed E-state index contributed by atoms with van der Waals surface area (Å²) in [6.45, 7) is 5.21. The summed E-state index contributed by atoms with van der Waals surface area (Å²) >= 11 is 1.58. The van der Waals surface area contributed by atoms with Gasteiger partial charge in [-0.05, 0) is 38.0 Å². The Morgan fingerprint density at radius 3 is 2.77 bits per heavy atom. The number of nitrogens with zero attached hydrogens (tertiary/aromatic N) is 2. The zero-order chi connectivity index (χ0) is 15.5. The number of thiophene rings is 1. The topological polar surface area (TPSA) is 44.1 Å². The molecule has 0 unspecified atom stereocenters. The Morgan fingerprint density at radius 2 is 2.00 bits per heavy atom. The molecule has 22 heavy (non-hydrogen) atoms. The van der Waals surface area contributed by atoms with E-state index in [0.717, 1.165) is 32.8 Å². The Bertz CT molecular complexity index is 837. The van der Waals surface area contributed by atoms with Crippen LogP contribution in [0.15, 0.2) is 41.5 Å². The number of aromatic nitrogens is 2. The maximum absolute atomic E-state index is 12.5. The maximum atomic E-state index is 12.5. The first kappa shape index (κ1) is 14.8. The zero-order valence-corrected chi connectivity index (χ0v) is 13.5. The van der Waals surface area contributed by atoms with Crippen molar-refractivity contribution in [3.8, 4) is 5.75 Å². The minimum Gasteiger partial charge on any atom is -0.494 e. The van der Waals surface area contributed by atoms with Crippen LogP contribution in [0.3, 0.4) is 0 Å². The molecule has 0 saturated carbocycles. The normalized spacial score (nSPS) is 11.0. The van der Waals surface area contributed by atoms with Gasteiger partial charge in [0.15, 0.2) is 0 Å². The summed E-state index contributed by atoms with van der Waals surface area (Å²) in [4.78, 5) is 18.9. The molecule has 114 valence electrons. The fourth-order valence-electron chi connectivity index (χ4n) is 2.37. The van der Waals surface area contributed by atoms with Crippen molar-refractivity contribution >= 4 is 21.6 Å². The molecule has 0 aliphatic rings. The highest BCUT2D eigenvalue weighted by atomic mass is 32.1. The molecule has 3 aromatic rings. The highest BCUT2D eigenvalue weighted by molar-refractivity contribution is 7.18. The third-order valence-electron chi connectivity index (χ3n) is 3.71. The molecule has 0 amide bonds. The molecular weight excluding hydrogens is 296 g/mol. The van der Waals surface area contributed by atoms with Crippen LogP contribution in [0.25, 0.3) is 10.2 Å². The van der Waals surface area contributed by atoms with Crippen molar-refractivity contribution in [2.75, 3.05) is 6.61 Å². The van der Waals surface area contributed by atoms with Gasteiger partial charge in [-0.25, -0.2) is 4.98 Å². The number of hydrogen-bond donors (Lipinski definition) is 0. The lowest BCUT2D eigenvalue weighted by Gasteiger charge is -2.07. The first-order valence-corrected chi connectivity index (χ1v) is 8.11. The van der Waals surface area contributed by atoms with Gasteiger partial charge in [0.2, 0.25) is 0 Å². The first-order valence-electron chi connectivity index (χ1n) is 7.30. The summed E-state index contributed by atoms with van der Waals surface area (Å²) in [6.07, 6.45) is 2.41. The van der Waals surface area contributed by atoms with Gasteiger partial charge in [-0.1, -0.05) is 18.2 Å². The molecule has 5 heteroatoms. The van der Waals surface area contributed by atoms with E-state index in [4.69, 9.17) is 4.74 Å². The van der Waals surface area contributed by atoms with E-state index >= 15 is 0 Å². The zero-order valence-electron chi connectivity index (χ0n) is 12.7. The Balaban J connectivity index is 1.68. The Kier molecular flexibility index (Phi) is 4.24. The van der Waals surface area contributed by atoms with Crippen LogP contribution in [0.4, 0.5) is 0 Å². The molecule has 0 aliphatic carbocycles. The molecule has 2 heterocycles. The summed E-state index contributed by atoms with van der Waals surface area (Å²) in [5.74, 6) is 0.854. The van der Waals surface area contributed by atoms with Crippen LogP contribution in [0.5, 0.6) is 5.75 Å². The lowest BCUT2D eigenvalue weighted by Crippen LogP contribution is -2.21. The van der Waals surface area contributed by atoms with Crippen molar-refractivity contribution in [3.05, 3.63) is 57.5 Å². The first-order chi connectivity index (χ1) is 10.7. The van der Waals surface area contributed by atoms with Gasteiger partial charge in [-0.3, -0.25) is 9.36 Å². The van der Waals surface area contributed by atoms with E-state index in [9.17, 15) is 4.79 Å². The largest absolute Gasteiger partial charge is 0.494 e. The number of benzene rings is 1. The molecule has 4 nitrogen and oxygen atoms in total. The second-order valence-electron chi connectivity index (χ2n) is 5.22. The third kappa shape index (κ3) is 2.90. The lowest BCUT2D eigenvalue weighted by atomic mass is 10.2. The van der Waals surface area contributed by atoms with Gasteiger partial charge in [0, 0.05) is 11.4 Å². The van der Waals surface area contributed by atoms with Gasteiger partial charge in [0.25, 0.3) is 5.56 Å². The van der Waals surface area contributed by atoms with Gasteiger partial charge in [0.05, 0.1) is 18.3 Å². The smallest absolute Gasteiger partial charge is 0.262 e. The number of fused-ring (bicyclic) bond motifs is 1. The van der Waals surface area contributed by atoms with Crippen molar-refractivity contribution in [3.63, 3.8) is 0 Å². The SMILES string of the molecule is Cc1sc2ncn(CCCOc3ccccc3)c(=O)c2c1C. The molecule has 0 spiro atoms. The lowest BCUT2D eigenvalue weighted by molar-refractivity contribution is 0.301. The maximum Gasteiger partial charge on any atom is 0.262 e. The summed E-state index contributed by atoms with van der Waals surface area (Å²) in [6, 6.07) is 9.70. The average Bonchev–Trinajstić information content (AvgIpc) is 2.82. The quantitative estimate of drug-likeness (QED) is 0.677. The van der Waals surface area contributed by atoms with E-state index in [1.807, 2.05) is 44.2 Å². The molecule has 0 bridgehead atoms. The summed E-state index contributed by atoms with van der Waals surface area (Å²) in [5.41, 5.74) is 1.10. The molecule has 0 radical (unpaired) electrons. The summed E-state index contributed by atoms with van der Waals surface area (Å²) < 4.78 is 7.33. The number of rotatable bonds is 5. The van der Waals surface area contributed by atoms with Gasteiger partial charge in [-0.15, -0.1) is 11.3 Å². The minimum atomic E-state index is 0.0477. The van der Waals surface area contributed by atoms with E-state index in [1.165, 1.54) is 0 Å². The van der Waals surface area contributed by atoms with Gasteiger partial charge >= 0.3 is 0 Å². The van der Waals surface area contributed by atoms with Crippen LogP contribution < -0.4 is 10.3 Å². The second-order valence-corrected chi connectivity index (χ2v) is 6.42. The monoisotopic (exact) mass is 314 g/mol. The molecule has 0 saturated heterocycles. The fraction of sp³-hybridized carbons (Fsp3) is 0.294. The highest BCUT2D eigenvalue weighted by Gasteiger charge is 2.11. The predicted molar refractivity (Wildman–Crippen MR) is 89.9 cm³/mol. The van der Waals surface area contributed by atoms with Gasteiger partial charge in [0.1, 0.15) is 10.6 Å². The van der Waals surface area contributed by atoms with E-state index < -0.39 is 0 Å². The second kappa shape index (κ2) is 6.32. The van der Waals surface area contributed by atoms with E-state index in [0.29, 0.717) is 13.2 Å². The molecule has 0 atom stereocenters. The van der Waals surface area contributed by atoms with Crippen molar-refractivity contribution in [2.45, 2.75) is 26.8 Å². The fourth-order valence-corrected chi connectivity index (χ4v) is 3.36. The van der Waals surface area contributed by atoms with E-state index in [2.05, 4.69) is 4.98 Å². The number of hydrogen-bond acceptors (Lipinski definition) is 4. The van der Waals surface area contributed by atoms with Gasteiger partial charge in [-0.2, -0.15) is 0 Å². The van der Waals surface area contributed by atoms with Crippen LogP contribution in [-0.4, -0.2) is 16.2 Å². The van der Waals surface area contributed by atoms with Crippen molar-refractivity contribution in [1.29, 1.82) is 0 Å². The van der Waals surface area contributed by atoms with Crippen LogP contribution in [-0.2, 0) is 6.54 Å². The van der Waals surface area contributed by atoms with Crippen LogP contribution >= 0.6 is 11.3 Å². The summed E-state index contributed by atoms with van der Waals surface area (Å²) in [7, 11) is 0. The molecule has 3 rings (SSSR count). The summed E-state index contributed by atoms with van der Waals surface area (Å²) in [5, 5.41) is 0.758. The Labute approximate surface area is 133 Å². The number of aryl methyl sites for hydroxylation is 3. The Hall–Kier alpha value is -2.14. The van der Waals surface area contributed by atoms with Crippen LogP contribution in [0.2, 0.25) is 0 Å². The van der Waals surface area contributed by atoms with Crippen LogP contribution in [0, 0.1) is 13.8 Å². The minimum absolute atomic E-state index is 0.0477. The van der Waals surface area contributed by atoms with Gasteiger partial charge < -0.3 is 4.74 Å². The molecular formula is C17H18N2O2S. The molecule has 1 aromatic carbocycles. The average molecular weight is 314 g/mol. The van der Waals surface area contributed by atoms with Crippen molar-refractivity contribution < 1.29 is 4.74 Å².